The van der Waals surface area contributed by atoms with Gasteiger partial charge < -0.3 is 13.9 Å². The highest BCUT2D eigenvalue weighted by Gasteiger charge is 2.35. The first-order chi connectivity index (χ1) is 13.9. The summed E-state index contributed by atoms with van der Waals surface area (Å²) in [5, 5.41) is 8.86. The van der Waals surface area contributed by atoms with Crippen molar-refractivity contribution in [3.8, 4) is 11.6 Å². The molecule has 1 saturated heterocycles. The van der Waals surface area contributed by atoms with Gasteiger partial charge in [0.1, 0.15) is 0 Å². The maximum atomic E-state index is 13.1. The predicted octanol–water partition coefficient (Wildman–Crippen LogP) is 2.39. The summed E-state index contributed by atoms with van der Waals surface area (Å²) >= 11 is 1.26. The molecule has 3 aromatic rings. The number of thioether (sulfide) groups is 1. The number of hydrogen-bond acceptors (Lipinski definition) is 7. The van der Waals surface area contributed by atoms with E-state index >= 15 is 0 Å². The Balaban J connectivity index is 1.52. The highest BCUT2D eigenvalue weighted by atomic mass is 32.2. The Hall–Kier alpha value is -2.59. The summed E-state index contributed by atoms with van der Waals surface area (Å²) in [5.41, 5.74) is 0.703. The van der Waals surface area contributed by atoms with E-state index in [0.29, 0.717) is 28.8 Å². The number of amides is 1. The van der Waals surface area contributed by atoms with E-state index in [4.69, 9.17) is 4.42 Å². The summed E-state index contributed by atoms with van der Waals surface area (Å²) in [6.07, 6.45) is 2.01. The second-order valence-corrected chi connectivity index (χ2v) is 9.96. The van der Waals surface area contributed by atoms with Crippen LogP contribution in [0.2, 0.25) is 0 Å². The highest BCUT2D eigenvalue weighted by molar-refractivity contribution is 7.99. The van der Waals surface area contributed by atoms with Gasteiger partial charge in [-0.15, -0.1) is 10.2 Å². The van der Waals surface area contributed by atoms with Crippen LogP contribution in [0.1, 0.15) is 6.42 Å². The predicted molar refractivity (Wildman–Crippen MR) is 110 cm³/mol. The fraction of sp³-hybridized carbons (Fsp3) is 0.316. The van der Waals surface area contributed by atoms with Crippen LogP contribution in [0.5, 0.6) is 0 Å². The van der Waals surface area contributed by atoms with Crippen LogP contribution < -0.4 is 4.90 Å². The van der Waals surface area contributed by atoms with Gasteiger partial charge in [-0.3, -0.25) is 4.79 Å². The summed E-state index contributed by atoms with van der Waals surface area (Å²) in [7, 11) is -1.31. The summed E-state index contributed by atoms with van der Waals surface area (Å²) in [4.78, 5) is 14.7. The molecule has 10 heteroatoms. The molecular weight excluding hydrogens is 412 g/mol. The Bertz CT molecular complexity index is 1090. The van der Waals surface area contributed by atoms with Gasteiger partial charge in [-0.25, -0.2) is 8.42 Å². The van der Waals surface area contributed by atoms with Crippen LogP contribution in [0.25, 0.3) is 11.6 Å². The molecule has 4 rings (SSSR count). The van der Waals surface area contributed by atoms with Crippen molar-refractivity contribution in [3.05, 3.63) is 48.7 Å². The fourth-order valence-electron chi connectivity index (χ4n) is 3.38. The van der Waals surface area contributed by atoms with Gasteiger partial charge in [0.2, 0.25) is 5.91 Å². The summed E-state index contributed by atoms with van der Waals surface area (Å²) in [6, 6.07) is 12.4. The Morgan fingerprint density at radius 2 is 2.03 bits per heavy atom. The number of carbonyl (C=O) groups excluding carboxylic acids is 1. The lowest BCUT2D eigenvalue weighted by molar-refractivity contribution is -0.116. The zero-order chi connectivity index (χ0) is 20.4. The SMILES string of the molecule is Cn1c(SCC(=O)N(c2ccccc2)[C@@H]2CCS(=O)(=O)C2)nnc1-c1ccco1. The topological polar surface area (TPSA) is 98.3 Å². The molecule has 1 aliphatic rings. The maximum Gasteiger partial charge on any atom is 0.237 e. The Kier molecular flexibility index (Phi) is 5.46. The molecule has 0 N–H and O–H groups in total. The number of aromatic nitrogens is 3. The number of benzene rings is 1. The van der Waals surface area contributed by atoms with Gasteiger partial charge in [0, 0.05) is 12.7 Å². The molecule has 1 aliphatic heterocycles. The molecule has 152 valence electrons. The van der Waals surface area contributed by atoms with Crippen molar-refractivity contribution in [1.29, 1.82) is 0 Å². The molecule has 0 aliphatic carbocycles. The van der Waals surface area contributed by atoms with Gasteiger partial charge in [0.05, 0.1) is 29.6 Å². The molecule has 0 saturated carbocycles. The number of furan rings is 1. The van der Waals surface area contributed by atoms with E-state index in [0.717, 1.165) is 0 Å². The van der Waals surface area contributed by atoms with Gasteiger partial charge in [-0.2, -0.15) is 0 Å². The lowest BCUT2D eigenvalue weighted by atomic mass is 10.2. The first kappa shape index (κ1) is 19.7. The zero-order valence-electron chi connectivity index (χ0n) is 15.8. The van der Waals surface area contributed by atoms with Crippen molar-refractivity contribution >= 4 is 33.2 Å². The number of nitrogens with zero attached hydrogens (tertiary/aromatic N) is 4. The van der Waals surface area contributed by atoms with Crippen LogP contribution in [-0.2, 0) is 21.7 Å². The smallest absolute Gasteiger partial charge is 0.237 e. The maximum absolute atomic E-state index is 13.1. The van der Waals surface area contributed by atoms with Crippen LogP contribution in [0.3, 0.4) is 0 Å². The van der Waals surface area contributed by atoms with Gasteiger partial charge in [-0.1, -0.05) is 30.0 Å². The largest absolute Gasteiger partial charge is 0.461 e. The fourth-order valence-corrected chi connectivity index (χ4v) is 5.85. The van der Waals surface area contributed by atoms with E-state index in [-0.39, 0.29) is 29.2 Å². The van der Waals surface area contributed by atoms with E-state index in [1.807, 2.05) is 37.4 Å². The Morgan fingerprint density at radius 1 is 1.24 bits per heavy atom. The summed E-state index contributed by atoms with van der Waals surface area (Å²) in [5.74, 6) is 1.23. The third-order valence-corrected chi connectivity index (χ3v) is 7.53. The van der Waals surface area contributed by atoms with Crippen LogP contribution in [0.4, 0.5) is 5.69 Å². The quantitative estimate of drug-likeness (QED) is 0.552. The first-order valence-electron chi connectivity index (χ1n) is 9.08. The molecule has 3 heterocycles. The standard InChI is InChI=1S/C19H20N4O4S2/c1-22-18(16-8-5-10-27-16)20-21-19(22)28-12-17(24)23(14-6-3-2-4-7-14)15-9-11-29(25,26)13-15/h2-8,10,15H,9,11-13H2,1H3/t15-/m1/s1. The Labute approximate surface area is 172 Å². The van der Waals surface area contributed by atoms with Crippen molar-refractivity contribution < 1.29 is 17.6 Å². The molecule has 0 radical (unpaired) electrons. The second kappa shape index (κ2) is 8.03. The first-order valence-corrected chi connectivity index (χ1v) is 11.9. The average Bonchev–Trinajstić information content (AvgIpc) is 3.42. The number of rotatable bonds is 6. The van der Waals surface area contributed by atoms with E-state index in [1.54, 1.807) is 27.9 Å². The molecule has 1 amide bonds. The molecule has 1 fully saturated rings. The van der Waals surface area contributed by atoms with Crippen LogP contribution in [0.15, 0.2) is 58.3 Å². The van der Waals surface area contributed by atoms with E-state index in [9.17, 15) is 13.2 Å². The van der Waals surface area contributed by atoms with Crippen molar-refractivity contribution in [2.45, 2.75) is 17.6 Å². The average molecular weight is 433 g/mol. The summed E-state index contributed by atoms with van der Waals surface area (Å²) < 4.78 is 31.1. The lowest BCUT2D eigenvalue weighted by Crippen LogP contribution is -2.42. The van der Waals surface area contributed by atoms with E-state index in [2.05, 4.69) is 10.2 Å². The molecule has 2 aromatic heterocycles. The molecular formula is C19H20N4O4S2. The number of para-hydroxylation sites is 1. The number of sulfone groups is 1. The van der Waals surface area contributed by atoms with Crippen LogP contribution >= 0.6 is 11.8 Å². The number of anilines is 1. The number of carbonyl (C=O) groups is 1. The van der Waals surface area contributed by atoms with Crippen molar-refractivity contribution in [1.82, 2.24) is 14.8 Å². The van der Waals surface area contributed by atoms with Crippen LogP contribution in [-0.4, -0.2) is 52.4 Å². The van der Waals surface area contributed by atoms with Gasteiger partial charge >= 0.3 is 0 Å². The molecule has 0 bridgehead atoms. The number of hydrogen-bond donors (Lipinski definition) is 0. The minimum atomic E-state index is -3.12. The van der Waals surface area contributed by atoms with Gasteiger partial charge in [-0.05, 0) is 30.7 Å². The molecule has 1 aromatic carbocycles. The third-order valence-electron chi connectivity index (χ3n) is 4.78. The summed E-state index contributed by atoms with van der Waals surface area (Å²) in [6.45, 7) is 0. The van der Waals surface area contributed by atoms with E-state index in [1.165, 1.54) is 11.8 Å². The van der Waals surface area contributed by atoms with Crippen LogP contribution in [0, 0.1) is 0 Å². The molecule has 0 unspecified atom stereocenters. The van der Waals surface area contributed by atoms with Crippen molar-refractivity contribution in [3.63, 3.8) is 0 Å². The normalized spacial score (nSPS) is 18.0. The van der Waals surface area contributed by atoms with E-state index < -0.39 is 9.84 Å². The second-order valence-electron chi connectivity index (χ2n) is 6.79. The molecule has 8 nitrogen and oxygen atoms in total. The Morgan fingerprint density at radius 3 is 2.69 bits per heavy atom. The van der Waals surface area contributed by atoms with Gasteiger partial charge in [0.15, 0.2) is 26.6 Å². The van der Waals surface area contributed by atoms with Crippen molar-refractivity contribution in [2.24, 2.45) is 7.05 Å². The van der Waals surface area contributed by atoms with Gasteiger partial charge in [0.25, 0.3) is 0 Å². The molecule has 0 spiro atoms. The highest BCUT2D eigenvalue weighted by Crippen LogP contribution is 2.27. The minimum absolute atomic E-state index is 0.00902. The third kappa shape index (κ3) is 4.23. The molecule has 1 atom stereocenters. The lowest BCUT2D eigenvalue weighted by Gasteiger charge is -2.28. The van der Waals surface area contributed by atoms with Crippen molar-refractivity contribution in [2.75, 3.05) is 22.2 Å². The minimum Gasteiger partial charge on any atom is -0.461 e. The monoisotopic (exact) mass is 432 g/mol. The zero-order valence-corrected chi connectivity index (χ0v) is 17.4. The molecule has 29 heavy (non-hydrogen) atoms.